The molecule has 5 nitrogen and oxygen atoms in total. The predicted octanol–water partition coefficient (Wildman–Crippen LogP) is 1.42. The number of benzene rings is 1. The topological polar surface area (TPSA) is 66.8 Å². The summed E-state index contributed by atoms with van der Waals surface area (Å²) in [7, 11) is -3.60. The molecule has 2 atom stereocenters. The summed E-state index contributed by atoms with van der Waals surface area (Å²) in [6.07, 6.45) is -0.732. The van der Waals surface area contributed by atoms with Crippen LogP contribution in [0.5, 0.6) is 0 Å². The van der Waals surface area contributed by atoms with E-state index in [0.29, 0.717) is 10.6 Å². The zero-order valence-corrected chi connectivity index (χ0v) is 13.0. The molecule has 2 unspecified atom stereocenters. The maximum Gasteiger partial charge on any atom is 0.243 e. The van der Waals surface area contributed by atoms with Gasteiger partial charge in [0.15, 0.2) is 0 Å². The maximum atomic E-state index is 12.7. The number of aliphatic hydroxyl groups excluding tert-OH is 1. The van der Waals surface area contributed by atoms with Crippen molar-refractivity contribution in [1.82, 2.24) is 4.31 Å². The second-order valence-electron chi connectivity index (χ2n) is 4.98. The molecule has 0 saturated carbocycles. The minimum Gasteiger partial charge on any atom is -0.394 e. The summed E-state index contributed by atoms with van der Waals surface area (Å²) in [5, 5.41) is 9.69. The van der Waals surface area contributed by atoms with Gasteiger partial charge in [-0.1, -0.05) is 11.6 Å². The Balaban J connectivity index is 2.34. The summed E-state index contributed by atoms with van der Waals surface area (Å²) in [4.78, 5) is 0.243. The average molecular weight is 320 g/mol. The second kappa shape index (κ2) is 5.99. The number of nitrogens with zero attached hydrogens (tertiary/aromatic N) is 1. The third-order valence-corrected chi connectivity index (χ3v) is 5.48. The average Bonchev–Trinajstić information content (AvgIpc) is 2.37. The zero-order valence-electron chi connectivity index (χ0n) is 11.4. The van der Waals surface area contributed by atoms with Crippen LogP contribution in [-0.4, -0.2) is 49.7 Å². The normalized spacial score (nSPS) is 24.8. The van der Waals surface area contributed by atoms with Gasteiger partial charge in [-0.3, -0.25) is 0 Å². The molecule has 1 N–H and O–H groups in total. The molecule has 1 saturated heterocycles. The molecular formula is C13H18ClNO4S. The zero-order chi connectivity index (χ0) is 14.9. The highest BCUT2D eigenvalue weighted by Gasteiger charge is 2.34. The van der Waals surface area contributed by atoms with Crippen LogP contribution in [0, 0.1) is 6.92 Å². The van der Waals surface area contributed by atoms with E-state index in [2.05, 4.69) is 0 Å². The van der Waals surface area contributed by atoms with Gasteiger partial charge in [-0.25, -0.2) is 8.42 Å². The van der Waals surface area contributed by atoms with Crippen molar-refractivity contribution in [1.29, 1.82) is 0 Å². The lowest BCUT2D eigenvalue weighted by Crippen LogP contribution is -2.50. The highest BCUT2D eigenvalue weighted by atomic mass is 35.5. The Morgan fingerprint density at radius 2 is 2.15 bits per heavy atom. The standard InChI is InChI=1S/C13H18ClNO4S/c1-9-5-11(14)3-4-13(9)20(17,18)15-6-10(2)19-12(7-15)8-16/h3-5,10,12,16H,6-8H2,1-2H3. The summed E-state index contributed by atoms with van der Waals surface area (Å²) in [6.45, 7) is 3.74. The van der Waals surface area contributed by atoms with Crippen molar-refractivity contribution in [3.63, 3.8) is 0 Å². The molecule has 0 bridgehead atoms. The number of sulfonamides is 1. The Morgan fingerprint density at radius 1 is 1.45 bits per heavy atom. The van der Waals surface area contributed by atoms with E-state index >= 15 is 0 Å². The molecule has 1 aliphatic heterocycles. The number of halogens is 1. The molecule has 0 radical (unpaired) electrons. The highest BCUT2D eigenvalue weighted by Crippen LogP contribution is 2.25. The first-order valence-corrected chi connectivity index (χ1v) is 8.19. The van der Waals surface area contributed by atoms with E-state index in [1.54, 1.807) is 26.0 Å². The Kier molecular flexibility index (Phi) is 4.71. The van der Waals surface area contributed by atoms with Gasteiger partial charge in [0.05, 0.1) is 23.7 Å². The van der Waals surface area contributed by atoms with Crippen molar-refractivity contribution in [2.45, 2.75) is 31.0 Å². The molecule has 1 aliphatic rings. The van der Waals surface area contributed by atoms with Gasteiger partial charge in [0.2, 0.25) is 10.0 Å². The van der Waals surface area contributed by atoms with Crippen LogP contribution in [0.2, 0.25) is 5.02 Å². The molecule has 2 rings (SSSR count). The third-order valence-electron chi connectivity index (χ3n) is 3.25. The van der Waals surface area contributed by atoms with E-state index in [4.69, 9.17) is 16.3 Å². The molecule has 1 aromatic carbocycles. The Labute approximate surface area is 124 Å². The van der Waals surface area contributed by atoms with Crippen LogP contribution in [-0.2, 0) is 14.8 Å². The monoisotopic (exact) mass is 319 g/mol. The van der Waals surface area contributed by atoms with Crippen LogP contribution in [0.3, 0.4) is 0 Å². The Bertz CT molecular complexity index is 590. The van der Waals surface area contributed by atoms with E-state index in [9.17, 15) is 13.5 Å². The van der Waals surface area contributed by atoms with Gasteiger partial charge < -0.3 is 9.84 Å². The van der Waals surface area contributed by atoms with Crippen molar-refractivity contribution in [2.24, 2.45) is 0 Å². The molecule has 0 spiro atoms. The molecule has 0 aliphatic carbocycles. The van der Waals surface area contributed by atoms with Crippen LogP contribution in [0.25, 0.3) is 0 Å². The molecular weight excluding hydrogens is 302 g/mol. The van der Waals surface area contributed by atoms with Gasteiger partial charge >= 0.3 is 0 Å². The van der Waals surface area contributed by atoms with Crippen molar-refractivity contribution < 1.29 is 18.3 Å². The van der Waals surface area contributed by atoms with Gasteiger partial charge in [-0.2, -0.15) is 4.31 Å². The lowest BCUT2D eigenvalue weighted by Gasteiger charge is -2.35. The second-order valence-corrected chi connectivity index (χ2v) is 7.33. The summed E-state index contributed by atoms with van der Waals surface area (Å²) in [6, 6.07) is 4.71. The number of ether oxygens (including phenoxy) is 1. The lowest BCUT2D eigenvalue weighted by atomic mass is 10.2. The minimum absolute atomic E-state index is 0.158. The van der Waals surface area contributed by atoms with E-state index in [1.165, 1.54) is 10.4 Å². The molecule has 1 heterocycles. The largest absolute Gasteiger partial charge is 0.394 e. The number of rotatable bonds is 3. The van der Waals surface area contributed by atoms with Crippen LogP contribution in [0.15, 0.2) is 23.1 Å². The molecule has 112 valence electrons. The highest BCUT2D eigenvalue weighted by molar-refractivity contribution is 7.89. The molecule has 1 fully saturated rings. The van der Waals surface area contributed by atoms with Crippen molar-refractivity contribution in [3.8, 4) is 0 Å². The molecule has 1 aromatic rings. The Morgan fingerprint density at radius 3 is 2.75 bits per heavy atom. The van der Waals surface area contributed by atoms with Gasteiger partial charge in [0.25, 0.3) is 0 Å². The van der Waals surface area contributed by atoms with E-state index in [1.807, 2.05) is 0 Å². The SMILES string of the molecule is Cc1cc(Cl)ccc1S(=O)(=O)N1CC(C)OC(CO)C1. The molecule has 0 aromatic heterocycles. The van der Waals surface area contributed by atoms with Gasteiger partial charge in [-0.15, -0.1) is 0 Å². The van der Waals surface area contributed by atoms with E-state index in [-0.39, 0.29) is 30.7 Å². The quantitative estimate of drug-likeness (QED) is 0.915. The van der Waals surface area contributed by atoms with Crippen LogP contribution < -0.4 is 0 Å². The number of aryl methyl sites for hydroxylation is 1. The summed E-state index contributed by atoms with van der Waals surface area (Å²) >= 11 is 5.86. The first kappa shape index (κ1) is 15.7. The first-order chi connectivity index (χ1) is 9.34. The summed E-state index contributed by atoms with van der Waals surface area (Å²) in [5.41, 5.74) is 0.609. The molecule has 0 amide bonds. The fraction of sp³-hybridized carbons (Fsp3) is 0.538. The van der Waals surface area contributed by atoms with E-state index in [0.717, 1.165) is 0 Å². The van der Waals surface area contributed by atoms with Crippen molar-refractivity contribution >= 4 is 21.6 Å². The smallest absolute Gasteiger partial charge is 0.243 e. The molecule has 7 heteroatoms. The maximum absolute atomic E-state index is 12.7. The summed E-state index contributed by atoms with van der Waals surface area (Å²) < 4.78 is 32.2. The van der Waals surface area contributed by atoms with Gasteiger partial charge in [-0.05, 0) is 37.6 Å². The summed E-state index contributed by atoms with van der Waals surface area (Å²) in [5.74, 6) is 0. The fourth-order valence-corrected chi connectivity index (χ4v) is 4.32. The van der Waals surface area contributed by atoms with Gasteiger partial charge in [0, 0.05) is 18.1 Å². The third kappa shape index (κ3) is 3.15. The molecule has 20 heavy (non-hydrogen) atoms. The lowest BCUT2D eigenvalue weighted by molar-refractivity contribution is -0.0750. The van der Waals surface area contributed by atoms with Crippen LogP contribution >= 0.6 is 11.6 Å². The number of morpholine rings is 1. The number of hydrogen-bond acceptors (Lipinski definition) is 4. The minimum atomic E-state index is -3.60. The van der Waals surface area contributed by atoms with Crippen LogP contribution in [0.1, 0.15) is 12.5 Å². The number of aliphatic hydroxyl groups is 1. The van der Waals surface area contributed by atoms with E-state index < -0.39 is 16.1 Å². The van der Waals surface area contributed by atoms with Crippen molar-refractivity contribution in [3.05, 3.63) is 28.8 Å². The van der Waals surface area contributed by atoms with Crippen LogP contribution in [0.4, 0.5) is 0 Å². The predicted molar refractivity (Wildman–Crippen MR) is 76.4 cm³/mol. The fourth-order valence-electron chi connectivity index (χ4n) is 2.34. The Hall–Kier alpha value is -0.660. The first-order valence-electron chi connectivity index (χ1n) is 6.37. The van der Waals surface area contributed by atoms with Gasteiger partial charge in [0.1, 0.15) is 0 Å². The number of hydrogen-bond donors (Lipinski definition) is 1. The van der Waals surface area contributed by atoms with Crippen molar-refractivity contribution in [2.75, 3.05) is 19.7 Å².